The highest BCUT2D eigenvalue weighted by molar-refractivity contribution is 7.98. The Labute approximate surface area is 172 Å². The van der Waals surface area contributed by atoms with Crippen LogP contribution in [0.15, 0.2) is 40.6 Å². The van der Waals surface area contributed by atoms with E-state index in [1.165, 1.54) is 22.3 Å². The van der Waals surface area contributed by atoms with E-state index < -0.39 is 0 Å². The summed E-state index contributed by atoms with van der Waals surface area (Å²) in [6.45, 7) is 6.38. The van der Waals surface area contributed by atoms with Crippen molar-refractivity contribution in [1.29, 1.82) is 0 Å². The van der Waals surface area contributed by atoms with E-state index in [4.69, 9.17) is 23.2 Å². The smallest absolute Gasteiger partial charge is 0.240 e. The van der Waals surface area contributed by atoms with E-state index >= 15 is 0 Å². The summed E-state index contributed by atoms with van der Waals surface area (Å²) < 4.78 is 0. The van der Waals surface area contributed by atoms with Gasteiger partial charge >= 0.3 is 0 Å². The number of aryl methyl sites for hydroxylation is 3. The van der Waals surface area contributed by atoms with Crippen LogP contribution in [0.4, 0.5) is 5.95 Å². The Morgan fingerprint density at radius 3 is 2.67 bits per heavy atom. The van der Waals surface area contributed by atoms with Crippen molar-refractivity contribution in [2.45, 2.75) is 31.7 Å². The number of anilines is 1. The molecule has 0 bridgehead atoms. The van der Waals surface area contributed by atoms with Gasteiger partial charge in [-0.15, -0.1) is 5.10 Å². The zero-order valence-electron chi connectivity index (χ0n) is 15.2. The average Bonchev–Trinajstić information content (AvgIpc) is 3.05. The maximum absolute atomic E-state index is 6.12. The molecule has 0 aliphatic heterocycles. The Bertz CT molecular complexity index is 961. The lowest BCUT2D eigenvalue weighted by Gasteiger charge is -2.09. The number of rotatable bonds is 6. The third kappa shape index (κ3) is 5.03. The number of aromatic amines is 1. The van der Waals surface area contributed by atoms with Gasteiger partial charge < -0.3 is 0 Å². The molecule has 3 aromatic rings. The molecule has 140 valence electrons. The Balaban J connectivity index is 1.60. The van der Waals surface area contributed by atoms with Crippen LogP contribution >= 0.6 is 35.0 Å². The van der Waals surface area contributed by atoms with Gasteiger partial charge in [0.05, 0.1) is 16.3 Å². The summed E-state index contributed by atoms with van der Waals surface area (Å²) in [5.74, 6) is 1.28. The molecule has 0 fully saturated rings. The van der Waals surface area contributed by atoms with Crippen LogP contribution in [0.2, 0.25) is 10.0 Å². The second-order valence-electron chi connectivity index (χ2n) is 6.15. The molecule has 2 aromatic carbocycles. The van der Waals surface area contributed by atoms with Gasteiger partial charge in [0, 0.05) is 11.3 Å². The number of halogens is 2. The van der Waals surface area contributed by atoms with Gasteiger partial charge in [-0.3, -0.25) is 0 Å². The zero-order chi connectivity index (χ0) is 19.4. The molecule has 2 N–H and O–H groups in total. The number of benzene rings is 2. The first-order chi connectivity index (χ1) is 12.9. The SMILES string of the molecule is Cc1cc(C)c(CSc2n[nH]c(N/N=C/c3cccc(Cl)c3Cl)n2)c(C)c1. The quantitative estimate of drug-likeness (QED) is 0.302. The molecular formula is C19H19Cl2N5S. The van der Waals surface area contributed by atoms with Crippen LogP contribution in [-0.2, 0) is 5.75 Å². The predicted molar refractivity (Wildman–Crippen MR) is 114 cm³/mol. The second-order valence-corrected chi connectivity index (χ2v) is 7.87. The highest BCUT2D eigenvalue weighted by Crippen LogP contribution is 2.26. The van der Waals surface area contributed by atoms with E-state index in [2.05, 4.69) is 58.6 Å². The van der Waals surface area contributed by atoms with Gasteiger partial charge in [-0.05, 0) is 43.5 Å². The van der Waals surface area contributed by atoms with Crippen LogP contribution in [0, 0.1) is 20.8 Å². The van der Waals surface area contributed by atoms with E-state index in [0.717, 1.165) is 11.3 Å². The van der Waals surface area contributed by atoms with Crippen molar-refractivity contribution in [3.05, 3.63) is 68.2 Å². The lowest BCUT2D eigenvalue weighted by Crippen LogP contribution is -1.94. The minimum absolute atomic E-state index is 0.461. The molecule has 3 rings (SSSR count). The van der Waals surface area contributed by atoms with E-state index in [9.17, 15) is 0 Å². The monoisotopic (exact) mass is 419 g/mol. The number of aromatic nitrogens is 3. The van der Waals surface area contributed by atoms with Crippen LogP contribution in [0.3, 0.4) is 0 Å². The molecule has 1 heterocycles. The lowest BCUT2D eigenvalue weighted by atomic mass is 10.0. The molecule has 0 atom stereocenters. The Hall–Kier alpha value is -2.02. The van der Waals surface area contributed by atoms with Crippen molar-refractivity contribution in [1.82, 2.24) is 15.2 Å². The van der Waals surface area contributed by atoms with Crippen molar-refractivity contribution in [3.63, 3.8) is 0 Å². The number of nitrogens with zero attached hydrogens (tertiary/aromatic N) is 3. The highest BCUT2D eigenvalue weighted by Gasteiger charge is 2.08. The van der Waals surface area contributed by atoms with Gasteiger partial charge in [-0.25, -0.2) is 10.5 Å². The molecular weight excluding hydrogens is 401 g/mol. The summed E-state index contributed by atoms with van der Waals surface area (Å²) in [5.41, 5.74) is 8.71. The van der Waals surface area contributed by atoms with Crippen molar-refractivity contribution in [2.75, 3.05) is 5.43 Å². The first-order valence-corrected chi connectivity index (χ1v) is 10.0. The van der Waals surface area contributed by atoms with Crippen molar-refractivity contribution < 1.29 is 0 Å². The molecule has 0 unspecified atom stereocenters. The molecule has 0 saturated heterocycles. The van der Waals surface area contributed by atoms with E-state index in [0.29, 0.717) is 21.2 Å². The van der Waals surface area contributed by atoms with Gasteiger partial charge in [0.2, 0.25) is 11.1 Å². The van der Waals surface area contributed by atoms with E-state index in [-0.39, 0.29) is 0 Å². The second kappa shape index (κ2) is 8.78. The minimum Gasteiger partial charge on any atom is -0.246 e. The number of thioether (sulfide) groups is 1. The van der Waals surface area contributed by atoms with Gasteiger partial charge in [0.1, 0.15) is 0 Å². The predicted octanol–water partition coefficient (Wildman–Crippen LogP) is 5.78. The molecule has 0 radical (unpaired) electrons. The van der Waals surface area contributed by atoms with Gasteiger partial charge in [0.15, 0.2) is 0 Å². The van der Waals surface area contributed by atoms with E-state index in [1.54, 1.807) is 24.0 Å². The third-order valence-corrected chi connectivity index (χ3v) is 5.71. The summed E-state index contributed by atoms with van der Waals surface area (Å²) in [5, 5.41) is 12.8. The topological polar surface area (TPSA) is 66.0 Å². The van der Waals surface area contributed by atoms with E-state index in [1.807, 2.05) is 12.1 Å². The molecule has 0 spiro atoms. The first kappa shape index (κ1) is 19.7. The fourth-order valence-electron chi connectivity index (χ4n) is 2.72. The normalized spacial score (nSPS) is 11.3. The number of hydrazone groups is 1. The Kier molecular flexibility index (Phi) is 6.42. The minimum atomic E-state index is 0.461. The van der Waals surface area contributed by atoms with Crippen molar-refractivity contribution in [2.24, 2.45) is 5.10 Å². The first-order valence-electron chi connectivity index (χ1n) is 8.29. The molecule has 0 saturated carbocycles. The van der Waals surface area contributed by atoms with Crippen LogP contribution in [0.25, 0.3) is 0 Å². The van der Waals surface area contributed by atoms with Gasteiger partial charge in [-0.2, -0.15) is 10.1 Å². The standard InChI is InChI=1S/C19H19Cl2N5S/c1-11-7-12(2)15(13(3)8-11)10-27-19-23-18(25-26-19)24-22-9-14-5-4-6-16(20)17(14)21/h4-9H,10H2,1-3H3,(H2,23,24,25,26)/b22-9+. The maximum Gasteiger partial charge on any atom is 0.240 e. The molecule has 0 amide bonds. The molecule has 27 heavy (non-hydrogen) atoms. The molecule has 1 aromatic heterocycles. The van der Waals surface area contributed by atoms with Crippen LogP contribution in [0.5, 0.6) is 0 Å². The fraction of sp³-hybridized carbons (Fsp3) is 0.211. The van der Waals surface area contributed by atoms with Crippen molar-refractivity contribution in [3.8, 4) is 0 Å². The van der Waals surface area contributed by atoms with Crippen LogP contribution < -0.4 is 5.43 Å². The average molecular weight is 420 g/mol. The van der Waals surface area contributed by atoms with Crippen LogP contribution in [0.1, 0.15) is 27.8 Å². The molecule has 0 aliphatic rings. The van der Waals surface area contributed by atoms with Crippen molar-refractivity contribution >= 4 is 47.1 Å². The molecule has 8 heteroatoms. The fourth-order valence-corrected chi connectivity index (χ4v) is 4.07. The van der Waals surface area contributed by atoms with Gasteiger partial charge in [0.25, 0.3) is 0 Å². The highest BCUT2D eigenvalue weighted by atomic mass is 35.5. The largest absolute Gasteiger partial charge is 0.246 e. The zero-order valence-corrected chi connectivity index (χ0v) is 17.5. The number of nitrogens with one attached hydrogen (secondary N) is 2. The summed E-state index contributed by atoms with van der Waals surface area (Å²) in [6, 6.07) is 9.76. The summed E-state index contributed by atoms with van der Waals surface area (Å²) in [6.07, 6.45) is 1.59. The molecule has 5 nitrogen and oxygen atoms in total. The maximum atomic E-state index is 6.12. The number of hydrogen-bond acceptors (Lipinski definition) is 5. The summed E-state index contributed by atoms with van der Waals surface area (Å²) in [4.78, 5) is 4.39. The van der Waals surface area contributed by atoms with Gasteiger partial charge in [-0.1, -0.05) is 64.8 Å². The number of H-pyrrole nitrogens is 1. The Morgan fingerprint density at radius 2 is 1.93 bits per heavy atom. The third-order valence-electron chi connectivity index (χ3n) is 4.01. The lowest BCUT2D eigenvalue weighted by molar-refractivity contribution is 0.972. The summed E-state index contributed by atoms with van der Waals surface area (Å²) >= 11 is 13.7. The summed E-state index contributed by atoms with van der Waals surface area (Å²) in [7, 11) is 0. The Morgan fingerprint density at radius 1 is 1.19 bits per heavy atom. The van der Waals surface area contributed by atoms with Crippen LogP contribution in [-0.4, -0.2) is 21.4 Å². The number of hydrogen-bond donors (Lipinski definition) is 2. The molecule has 0 aliphatic carbocycles.